The lowest BCUT2D eigenvalue weighted by atomic mass is 9.89. The number of carbonyl (C=O) groups excluding carboxylic acids is 1. The predicted molar refractivity (Wildman–Crippen MR) is 60.0 cm³/mol. The number of carbonyl (C=O) groups is 1. The van der Waals surface area contributed by atoms with Gasteiger partial charge in [0.05, 0.1) is 31.2 Å². The van der Waals surface area contributed by atoms with Crippen molar-refractivity contribution in [3.63, 3.8) is 0 Å². The molecular weight excluding hydrogens is 206 g/mol. The number of amides is 1. The Balaban J connectivity index is 1.72. The fraction of sp³-hybridized carbons (Fsp3) is 0.917. The fourth-order valence-corrected chi connectivity index (χ4v) is 2.59. The van der Waals surface area contributed by atoms with Gasteiger partial charge < -0.3 is 14.7 Å². The molecule has 0 bridgehead atoms. The minimum atomic E-state index is -0.610. The number of ether oxygens (including phenoxy) is 1. The van der Waals surface area contributed by atoms with Crippen LogP contribution >= 0.6 is 0 Å². The van der Waals surface area contributed by atoms with Gasteiger partial charge in [-0.05, 0) is 19.3 Å². The third kappa shape index (κ3) is 2.55. The largest absolute Gasteiger partial charge is 0.386 e. The lowest BCUT2D eigenvalue weighted by molar-refractivity contribution is -0.158. The second-order valence-electron chi connectivity index (χ2n) is 5.06. The summed E-state index contributed by atoms with van der Waals surface area (Å²) in [6, 6.07) is 0. The monoisotopic (exact) mass is 227 g/mol. The smallest absolute Gasteiger partial charge is 0.225 e. The maximum atomic E-state index is 11.8. The fourth-order valence-electron chi connectivity index (χ4n) is 2.59. The van der Waals surface area contributed by atoms with Crippen LogP contribution in [0.4, 0.5) is 0 Å². The van der Waals surface area contributed by atoms with Gasteiger partial charge in [-0.15, -0.1) is 0 Å². The first kappa shape index (κ1) is 11.9. The highest BCUT2D eigenvalue weighted by Crippen LogP contribution is 2.27. The van der Waals surface area contributed by atoms with Crippen molar-refractivity contribution in [2.75, 3.05) is 19.7 Å². The molecule has 1 N–H and O–H groups in total. The minimum absolute atomic E-state index is 0.118. The van der Waals surface area contributed by atoms with Crippen LogP contribution in [-0.2, 0) is 9.53 Å². The van der Waals surface area contributed by atoms with Crippen LogP contribution < -0.4 is 0 Å². The van der Waals surface area contributed by atoms with Crippen LogP contribution in [0.5, 0.6) is 0 Å². The molecule has 4 nitrogen and oxygen atoms in total. The summed E-state index contributed by atoms with van der Waals surface area (Å²) in [4.78, 5) is 13.6. The van der Waals surface area contributed by atoms with Gasteiger partial charge in [-0.1, -0.05) is 13.3 Å². The van der Waals surface area contributed by atoms with Crippen LogP contribution in [0.25, 0.3) is 0 Å². The Bertz CT molecular complexity index is 255. The average molecular weight is 227 g/mol. The van der Waals surface area contributed by atoms with Gasteiger partial charge in [0.15, 0.2) is 0 Å². The lowest BCUT2D eigenvalue weighted by Gasteiger charge is -2.46. The summed E-state index contributed by atoms with van der Waals surface area (Å²) in [5, 5.41) is 9.97. The van der Waals surface area contributed by atoms with Crippen LogP contribution in [0.15, 0.2) is 0 Å². The van der Waals surface area contributed by atoms with E-state index < -0.39 is 5.60 Å². The van der Waals surface area contributed by atoms with Crippen LogP contribution in [0.2, 0.25) is 0 Å². The first-order valence-electron chi connectivity index (χ1n) is 6.25. The van der Waals surface area contributed by atoms with Gasteiger partial charge >= 0.3 is 0 Å². The van der Waals surface area contributed by atoms with E-state index in [0.29, 0.717) is 19.5 Å². The SMILES string of the molecule is CCCC1(O)CN(C(=O)CC2CCCO2)C1. The van der Waals surface area contributed by atoms with Crippen LogP contribution in [0, 0.1) is 0 Å². The van der Waals surface area contributed by atoms with Gasteiger partial charge in [-0.3, -0.25) is 4.79 Å². The third-order valence-electron chi connectivity index (χ3n) is 3.46. The molecule has 2 heterocycles. The molecule has 1 amide bonds. The van der Waals surface area contributed by atoms with Crippen molar-refractivity contribution in [1.29, 1.82) is 0 Å². The van der Waals surface area contributed by atoms with E-state index in [2.05, 4.69) is 6.92 Å². The van der Waals surface area contributed by atoms with Crippen molar-refractivity contribution >= 4 is 5.91 Å². The van der Waals surface area contributed by atoms with Crippen molar-refractivity contribution in [3.8, 4) is 0 Å². The van der Waals surface area contributed by atoms with Crippen LogP contribution in [-0.4, -0.2) is 47.3 Å². The number of hydrogen-bond acceptors (Lipinski definition) is 3. The summed E-state index contributed by atoms with van der Waals surface area (Å²) >= 11 is 0. The molecule has 1 unspecified atom stereocenters. The number of nitrogens with zero attached hydrogens (tertiary/aromatic N) is 1. The highest BCUT2D eigenvalue weighted by Gasteiger charge is 2.42. The zero-order valence-electron chi connectivity index (χ0n) is 9.95. The number of rotatable bonds is 4. The maximum absolute atomic E-state index is 11.8. The van der Waals surface area contributed by atoms with E-state index in [4.69, 9.17) is 4.74 Å². The summed E-state index contributed by atoms with van der Waals surface area (Å²) < 4.78 is 5.43. The van der Waals surface area contributed by atoms with E-state index in [1.54, 1.807) is 4.90 Å². The molecule has 0 spiro atoms. The molecule has 4 heteroatoms. The molecule has 0 aromatic carbocycles. The Kier molecular flexibility index (Phi) is 3.50. The number of likely N-dealkylation sites (tertiary alicyclic amines) is 1. The average Bonchev–Trinajstić information content (AvgIpc) is 2.66. The summed E-state index contributed by atoms with van der Waals surface area (Å²) in [7, 11) is 0. The van der Waals surface area contributed by atoms with Gasteiger partial charge in [0.2, 0.25) is 5.91 Å². The van der Waals surface area contributed by atoms with Gasteiger partial charge in [0, 0.05) is 6.61 Å². The van der Waals surface area contributed by atoms with Gasteiger partial charge in [0.25, 0.3) is 0 Å². The summed E-state index contributed by atoms with van der Waals surface area (Å²) in [6.07, 6.45) is 4.42. The van der Waals surface area contributed by atoms with Crippen molar-refractivity contribution in [1.82, 2.24) is 4.90 Å². The third-order valence-corrected chi connectivity index (χ3v) is 3.46. The molecule has 2 aliphatic heterocycles. The molecule has 0 aromatic heterocycles. The van der Waals surface area contributed by atoms with E-state index in [-0.39, 0.29) is 12.0 Å². The standard InChI is InChI=1S/C12H21NO3/c1-2-5-12(15)8-13(9-12)11(14)7-10-4-3-6-16-10/h10,15H,2-9H2,1H3. The normalized spacial score (nSPS) is 27.9. The first-order chi connectivity index (χ1) is 7.63. The molecule has 2 aliphatic rings. The summed E-state index contributed by atoms with van der Waals surface area (Å²) in [6.45, 7) is 3.85. The summed E-state index contributed by atoms with van der Waals surface area (Å²) in [5.41, 5.74) is -0.610. The molecule has 92 valence electrons. The molecule has 2 fully saturated rings. The van der Waals surface area contributed by atoms with Crippen LogP contribution in [0.1, 0.15) is 39.0 Å². The van der Waals surface area contributed by atoms with E-state index >= 15 is 0 Å². The van der Waals surface area contributed by atoms with Crippen LogP contribution in [0.3, 0.4) is 0 Å². The van der Waals surface area contributed by atoms with Crippen molar-refractivity contribution < 1.29 is 14.6 Å². The predicted octanol–water partition coefficient (Wildman–Crippen LogP) is 0.929. The van der Waals surface area contributed by atoms with Crippen molar-refractivity contribution in [2.45, 2.75) is 50.7 Å². The van der Waals surface area contributed by atoms with Gasteiger partial charge in [0.1, 0.15) is 0 Å². The Morgan fingerprint density at radius 1 is 1.56 bits per heavy atom. The molecule has 1 atom stereocenters. The minimum Gasteiger partial charge on any atom is -0.386 e. The van der Waals surface area contributed by atoms with E-state index in [9.17, 15) is 9.90 Å². The van der Waals surface area contributed by atoms with Crippen molar-refractivity contribution in [2.24, 2.45) is 0 Å². The maximum Gasteiger partial charge on any atom is 0.225 e. The zero-order valence-corrected chi connectivity index (χ0v) is 9.95. The molecular formula is C12H21NO3. The first-order valence-corrected chi connectivity index (χ1v) is 6.25. The Morgan fingerprint density at radius 3 is 2.88 bits per heavy atom. The van der Waals surface area contributed by atoms with E-state index in [1.807, 2.05) is 0 Å². The van der Waals surface area contributed by atoms with E-state index in [0.717, 1.165) is 32.3 Å². The number of hydrogen-bond donors (Lipinski definition) is 1. The Morgan fingerprint density at radius 2 is 2.31 bits per heavy atom. The van der Waals surface area contributed by atoms with Gasteiger partial charge in [-0.2, -0.15) is 0 Å². The van der Waals surface area contributed by atoms with E-state index in [1.165, 1.54) is 0 Å². The Hall–Kier alpha value is -0.610. The van der Waals surface area contributed by atoms with Gasteiger partial charge in [-0.25, -0.2) is 0 Å². The molecule has 2 rings (SSSR count). The molecule has 0 aliphatic carbocycles. The molecule has 0 aromatic rings. The number of aliphatic hydroxyl groups is 1. The second kappa shape index (κ2) is 4.72. The molecule has 0 saturated carbocycles. The molecule has 2 saturated heterocycles. The second-order valence-corrected chi connectivity index (χ2v) is 5.06. The quantitative estimate of drug-likeness (QED) is 0.777. The number of β-amino-alcohol motifs (C(OH)–C–C–N with tert-alkyl or cyclic N) is 1. The summed E-state index contributed by atoms with van der Waals surface area (Å²) in [5.74, 6) is 0.132. The highest BCUT2D eigenvalue weighted by atomic mass is 16.5. The molecule has 16 heavy (non-hydrogen) atoms. The topological polar surface area (TPSA) is 49.8 Å². The highest BCUT2D eigenvalue weighted by molar-refractivity contribution is 5.78. The Labute approximate surface area is 96.6 Å². The molecule has 0 radical (unpaired) electrons. The van der Waals surface area contributed by atoms with Crippen molar-refractivity contribution in [3.05, 3.63) is 0 Å². The zero-order chi connectivity index (χ0) is 11.6. The lowest BCUT2D eigenvalue weighted by Crippen LogP contribution is -2.63.